The molecule has 1 spiro atoms. The first kappa shape index (κ1) is 74.3. The Morgan fingerprint density at radius 1 is 0.692 bits per heavy atom. The minimum atomic E-state index is -1.48. The van der Waals surface area contributed by atoms with Crippen molar-refractivity contribution in [3.63, 3.8) is 0 Å². The van der Waals surface area contributed by atoms with Gasteiger partial charge in [-0.15, -0.1) is 5.10 Å². The highest BCUT2D eigenvalue weighted by molar-refractivity contribution is 6.07. The Morgan fingerprint density at radius 3 is 2.07 bits per heavy atom. The average molecular weight is 1450 g/mol. The van der Waals surface area contributed by atoms with Crippen LogP contribution in [-0.2, 0) is 59.5 Å². The number of ether oxygens (including phenoxy) is 5. The fourth-order valence-electron chi connectivity index (χ4n) is 15.2. The molecule has 24 nitrogen and oxygen atoms in total. The third kappa shape index (κ3) is 16.1. The van der Waals surface area contributed by atoms with Crippen LogP contribution in [0.3, 0.4) is 0 Å². The van der Waals surface area contributed by atoms with Gasteiger partial charge >= 0.3 is 6.09 Å². The van der Waals surface area contributed by atoms with Crippen molar-refractivity contribution < 1.29 is 71.9 Å². The Bertz CT molecular complexity index is 4620. The molecule has 6 aromatic carbocycles. The van der Waals surface area contributed by atoms with Crippen LogP contribution in [0.5, 0.6) is 23.0 Å². The van der Waals surface area contributed by atoms with Crippen molar-refractivity contribution in [2.75, 3.05) is 50.3 Å². The summed E-state index contributed by atoms with van der Waals surface area (Å²) in [5.74, 6) is -2.50. The van der Waals surface area contributed by atoms with Crippen molar-refractivity contribution in [1.82, 2.24) is 35.4 Å². The zero-order chi connectivity index (χ0) is 75.4. The largest absolute Gasteiger partial charge is 0.493 e. The van der Waals surface area contributed by atoms with Crippen LogP contribution in [0.2, 0.25) is 0 Å². The Labute approximate surface area is 621 Å². The molecular formula is C83H91N9O15. The van der Waals surface area contributed by atoms with Gasteiger partial charge in [-0.25, -0.2) is 14.4 Å². The van der Waals surface area contributed by atoms with E-state index in [2.05, 4.69) is 33.1 Å². The second-order valence-electron chi connectivity index (χ2n) is 29.5. The predicted molar refractivity (Wildman–Crippen MR) is 398 cm³/mol. The summed E-state index contributed by atoms with van der Waals surface area (Å²) >= 11 is 0. The van der Waals surface area contributed by atoms with E-state index in [0.29, 0.717) is 65.4 Å². The van der Waals surface area contributed by atoms with Crippen LogP contribution in [0.1, 0.15) is 160 Å². The normalized spacial score (nSPS) is 17.8. The molecule has 1 aliphatic carbocycles. The highest BCUT2D eigenvalue weighted by Crippen LogP contribution is 2.57. The highest BCUT2D eigenvalue weighted by atomic mass is 16.6. The van der Waals surface area contributed by atoms with Gasteiger partial charge in [0.05, 0.1) is 75.2 Å². The van der Waals surface area contributed by atoms with Crippen molar-refractivity contribution >= 4 is 69.9 Å². The standard InChI is InChI=1S/C83H91N9O15/c1-49(2)63(39-60(94)44-84-74(96)30-28-59(93)29-31-75(97)89-45-56-18-11-12-19-61(56)77-76(86-87-92(77)50(3)4)62-20-13-14-21-66(62)89)78(98)85-51(5)69(95)36-52-22-24-53(25-23-52)47-107-82(102)91-67-42-73(71(104-7)41-65(67)80(100)90-48-83(32-33-83)43-68(90)81(91)101)106-35-15-34-105-72-38-55-26-27-58-37-57(54-16-9-8-10-17-54)46-88(58)79(99)64(55)40-70(72)103-6/h8-14,16-25,38,40-42,46,49-51,58,63,68,81,101H,15,26-37,39,43-45,47-48H2,1-7H3,(H,84,96)(H,85,98)/t51-,58+,63-,68-,81?/m0/s1. The topological polar surface area (TPSA) is 288 Å². The molecule has 24 heteroatoms. The van der Waals surface area contributed by atoms with E-state index in [9.17, 15) is 48.3 Å². The van der Waals surface area contributed by atoms with E-state index in [0.717, 1.165) is 69.7 Å². The molecule has 5 atom stereocenters. The van der Waals surface area contributed by atoms with Gasteiger partial charge in [0.15, 0.2) is 40.8 Å². The summed E-state index contributed by atoms with van der Waals surface area (Å²) in [5, 5.41) is 26.6. The Morgan fingerprint density at radius 2 is 1.36 bits per heavy atom. The van der Waals surface area contributed by atoms with Crippen molar-refractivity contribution in [1.29, 1.82) is 0 Å². The molecule has 558 valence electrons. The molecule has 7 aromatic rings. The summed E-state index contributed by atoms with van der Waals surface area (Å²) in [5.41, 5.74) is 9.66. The number of methoxy groups -OCH3 is 2. The van der Waals surface area contributed by atoms with Crippen LogP contribution in [0, 0.1) is 17.3 Å². The number of para-hydroxylation sites is 1. The zero-order valence-corrected chi connectivity index (χ0v) is 61.5. The van der Waals surface area contributed by atoms with E-state index in [1.54, 1.807) is 60.9 Å². The van der Waals surface area contributed by atoms with Crippen LogP contribution >= 0.6 is 0 Å². The van der Waals surface area contributed by atoms with Gasteiger partial charge in [0.2, 0.25) is 17.7 Å². The van der Waals surface area contributed by atoms with Gasteiger partial charge in [-0.05, 0) is 128 Å². The first-order chi connectivity index (χ1) is 51.6. The second-order valence-corrected chi connectivity index (χ2v) is 29.5. The molecule has 6 heterocycles. The fraction of sp³-hybridized carbons (Fsp3) is 0.410. The molecule has 3 N–H and O–H groups in total. The average Bonchev–Trinajstić information content (AvgIpc) is 1.53. The molecular weight excluding hydrogens is 1360 g/mol. The summed E-state index contributed by atoms with van der Waals surface area (Å²) < 4.78 is 31.9. The third-order valence-electron chi connectivity index (χ3n) is 21.5. The van der Waals surface area contributed by atoms with E-state index in [1.165, 1.54) is 26.4 Å². The lowest BCUT2D eigenvalue weighted by molar-refractivity contribution is -0.133. The summed E-state index contributed by atoms with van der Waals surface area (Å²) in [4.78, 5) is 130. The van der Waals surface area contributed by atoms with Gasteiger partial charge < -0.3 is 54.1 Å². The minimum absolute atomic E-state index is 0.0318. The van der Waals surface area contributed by atoms with Crippen LogP contribution < -0.4 is 39.4 Å². The number of aromatic nitrogens is 3. The molecule has 5 aliphatic heterocycles. The van der Waals surface area contributed by atoms with E-state index in [1.807, 2.05) is 102 Å². The molecule has 1 saturated carbocycles. The molecule has 2 fully saturated rings. The van der Waals surface area contributed by atoms with Gasteiger partial charge in [0.25, 0.3) is 11.8 Å². The number of Topliss-reactive ketones (excluding diaryl/α,β-unsaturated/α-hetero) is 3. The SMILES string of the molecule is COc1cc2c(cc1OCCCOc1cc3c(cc1OC)C(=O)N1CC4(CC4)C[C@H]1C(O)N3C(=O)OCc1ccc(CC(=O)[C@H](C)NC(=O)[C@@H](CC(=O)CNC(=O)CCC(=O)CCC(=O)N3Cc4ccccc4-c4c(nnn4C(C)C)-c4ccccc43)C(C)C)cc1)CC[C@@H]1CC(c3ccccc3)=CN1C2=O. The number of nitrogens with one attached hydrogen (secondary N) is 2. The molecule has 1 saturated heterocycles. The molecule has 107 heavy (non-hydrogen) atoms. The number of rotatable bonds is 28. The summed E-state index contributed by atoms with van der Waals surface area (Å²) in [6, 6.07) is 37.3. The van der Waals surface area contributed by atoms with Crippen LogP contribution in [0.25, 0.3) is 28.1 Å². The van der Waals surface area contributed by atoms with Gasteiger partial charge in [0.1, 0.15) is 18.1 Å². The third-order valence-corrected chi connectivity index (χ3v) is 21.5. The molecule has 1 aromatic heterocycles. The van der Waals surface area contributed by atoms with Crippen LogP contribution in [0.4, 0.5) is 16.2 Å². The number of anilines is 2. The quantitative estimate of drug-likeness (QED) is 0.0384. The first-order valence-electron chi connectivity index (χ1n) is 37.0. The van der Waals surface area contributed by atoms with Gasteiger partial charge in [-0.2, -0.15) is 0 Å². The number of ketones is 3. The maximum Gasteiger partial charge on any atom is 0.416 e. The number of aryl methyl sites for hydroxylation is 1. The van der Waals surface area contributed by atoms with Crippen molar-refractivity contribution in [2.24, 2.45) is 17.3 Å². The number of hydrogen-bond donors (Lipinski definition) is 3. The lowest BCUT2D eigenvalue weighted by Crippen LogP contribution is -2.50. The Hall–Kier alpha value is -11.0. The van der Waals surface area contributed by atoms with E-state index in [4.69, 9.17) is 23.7 Å². The maximum absolute atomic E-state index is 14.5. The second kappa shape index (κ2) is 32.0. The number of carbonyl (C=O) groups is 9. The number of nitrogens with zero attached hydrogens (tertiary/aromatic N) is 7. The molecule has 6 aliphatic rings. The smallest absolute Gasteiger partial charge is 0.416 e. The summed E-state index contributed by atoms with van der Waals surface area (Å²) in [6.07, 6.45) is 3.71. The lowest BCUT2D eigenvalue weighted by atomic mass is 9.89. The Kier molecular flexibility index (Phi) is 22.2. The summed E-state index contributed by atoms with van der Waals surface area (Å²) in [6.45, 7) is 9.63. The van der Waals surface area contributed by atoms with E-state index >= 15 is 0 Å². The zero-order valence-electron chi connectivity index (χ0n) is 61.5. The highest BCUT2D eigenvalue weighted by Gasteiger charge is 2.58. The number of aliphatic hydroxyl groups is 1. The van der Waals surface area contributed by atoms with E-state index in [-0.39, 0.29) is 147 Å². The molecule has 0 bridgehead atoms. The molecule has 13 rings (SSSR count). The first-order valence-corrected chi connectivity index (χ1v) is 37.0. The van der Waals surface area contributed by atoms with Crippen molar-refractivity contribution in [3.8, 4) is 45.5 Å². The van der Waals surface area contributed by atoms with E-state index < -0.39 is 47.9 Å². The number of fused-ring (bicyclic) bond motifs is 9. The number of benzene rings is 6. The molecule has 1 unspecified atom stereocenters. The number of amides is 6. The van der Waals surface area contributed by atoms with Crippen LogP contribution in [0.15, 0.2) is 134 Å². The van der Waals surface area contributed by atoms with Crippen molar-refractivity contribution in [2.45, 2.75) is 162 Å². The minimum Gasteiger partial charge on any atom is -0.493 e. The molecule has 0 radical (unpaired) electrons. The monoisotopic (exact) mass is 1450 g/mol. The lowest BCUT2D eigenvalue weighted by Gasteiger charge is -2.31. The van der Waals surface area contributed by atoms with Crippen molar-refractivity contribution in [3.05, 3.63) is 173 Å². The summed E-state index contributed by atoms with van der Waals surface area (Å²) in [7, 11) is 2.99. The Balaban J connectivity index is 0.568. The van der Waals surface area contributed by atoms with Gasteiger partial charge in [0, 0.05) is 98.4 Å². The maximum atomic E-state index is 14.5. The van der Waals surface area contributed by atoms with Gasteiger partial charge in [-0.3, -0.25) is 38.4 Å². The van der Waals surface area contributed by atoms with Gasteiger partial charge in [-0.1, -0.05) is 116 Å². The fourth-order valence-corrected chi connectivity index (χ4v) is 15.2. The van der Waals surface area contributed by atoms with Crippen LogP contribution in [-0.4, -0.2) is 148 Å². The molecule has 6 amide bonds. The number of carbonyl (C=O) groups excluding carboxylic acids is 9. The number of aliphatic hydroxyl groups excluding tert-OH is 1. The predicted octanol–water partition coefficient (Wildman–Crippen LogP) is 11.4. The number of hydrogen-bond acceptors (Lipinski definition) is 17.